The van der Waals surface area contributed by atoms with Crippen LogP contribution in [0.5, 0.6) is 0 Å². The molecule has 3 unspecified atom stereocenters. The number of fused-ring (bicyclic) bond motifs is 1. The zero-order valence-corrected chi connectivity index (χ0v) is 24.4. The maximum atomic E-state index is 15.2. The Morgan fingerprint density at radius 2 is 1.86 bits per heavy atom. The molecule has 42 heavy (non-hydrogen) atoms. The highest BCUT2D eigenvalue weighted by molar-refractivity contribution is 6.43. The minimum Gasteiger partial charge on any atom is -0.399 e. The van der Waals surface area contributed by atoms with Gasteiger partial charge in [-0.05, 0) is 54.5 Å². The number of alkyl halides is 5. The SMILES string of the molecule is CC.CN=CC1=NC(C2=CC=CC3(F)CC23F)=N/C1=C/C(C)CC1=CC=C(c2ccc(C)cc2C(F)(F)F)CC=C1N. The molecule has 1 saturated carbocycles. The third kappa shape index (κ3) is 6.01. The molecule has 3 aliphatic carbocycles. The van der Waals surface area contributed by atoms with E-state index < -0.39 is 23.1 Å². The molecule has 4 aliphatic rings. The molecule has 1 fully saturated rings. The molecule has 0 amide bonds. The van der Waals surface area contributed by atoms with Gasteiger partial charge >= 0.3 is 6.18 Å². The smallest absolute Gasteiger partial charge is 0.399 e. The Bertz CT molecular complexity index is 1530. The van der Waals surface area contributed by atoms with Crippen LogP contribution in [0.15, 0.2) is 98.2 Å². The van der Waals surface area contributed by atoms with Gasteiger partial charge in [-0.25, -0.2) is 18.8 Å². The Kier molecular flexibility index (Phi) is 8.71. The molecule has 0 spiro atoms. The number of aryl methyl sites for hydroxylation is 1. The first kappa shape index (κ1) is 31.1. The highest BCUT2D eigenvalue weighted by Gasteiger charge is 2.73. The number of benzene rings is 1. The lowest BCUT2D eigenvalue weighted by Crippen LogP contribution is -2.24. The fourth-order valence-corrected chi connectivity index (χ4v) is 5.28. The van der Waals surface area contributed by atoms with Crippen LogP contribution in [-0.4, -0.2) is 36.1 Å². The van der Waals surface area contributed by atoms with Gasteiger partial charge in [-0.3, -0.25) is 4.99 Å². The van der Waals surface area contributed by atoms with E-state index in [0.29, 0.717) is 34.7 Å². The van der Waals surface area contributed by atoms with Crippen molar-refractivity contribution in [2.45, 2.75) is 64.5 Å². The highest BCUT2D eigenvalue weighted by atomic mass is 19.4. The van der Waals surface area contributed by atoms with Gasteiger partial charge < -0.3 is 5.73 Å². The third-order valence-electron chi connectivity index (χ3n) is 7.50. The lowest BCUT2D eigenvalue weighted by molar-refractivity contribution is -0.137. The first-order chi connectivity index (χ1) is 19.8. The maximum absolute atomic E-state index is 15.2. The summed E-state index contributed by atoms with van der Waals surface area (Å²) in [5, 5.41) is 0. The van der Waals surface area contributed by atoms with Crippen LogP contribution < -0.4 is 5.73 Å². The van der Waals surface area contributed by atoms with Crippen LogP contribution in [-0.2, 0) is 6.18 Å². The molecule has 5 rings (SSSR count). The second kappa shape index (κ2) is 11.8. The number of aliphatic imine (C=N–C) groups is 3. The van der Waals surface area contributed by atoms with Crippen LogP contribution in [0.2, 0.25) is 0 Å². The second-order valence-corrected chi connectivity index (χ2v) is 10.6. The summed E-state index contributed by atoms with van der Waals surface area (Å²) in [5.74, 6) is 0.00605. The fourth-order valence-electron chi connectivity index (χ4n) is 5.28. The third-order valence-corrected chi connectivity index (χ3v) is 7.50. The minimum absolute atomic E-state index is 0.112. The van der Waals surface area contributed by atoms with Crippen LogP contribution in [0, 0.1) is 12.8 Å². The van der Waals surface area contributed by atoms with Crippen molar-refractivity contribution in [2.24, 2.45) is 26.6 Å². The second-order valence-electron chi connectivity index (χ2n) is 10.6. The van der Waals surface area contributed by atoms with Gasteiger partial charge in [0.1, 0.15) is 5.71 Å². The average Bonchev–Trinajstić information content (AvgIpc) is 3.41. The highest BCUT2D eigenvalue weighted by Crippen LogP contribution is 2.61. The summed E-state index contributed by atoms with van der Waals surface area (Å²) in [7, 11) is 1.58. The summed E-state index contributed by atoms with van der Waals surface area (Å²) in [4.78, 5) is 13.0. The molecule has 0 aromatic heterocycles. The molecular formula is C33H35F5N4. The lowest BCUT2D eigenvalue weighted by Gasteiger charge is -2.15. The van der Waals surface area contributed by atoms with Gasteiger partial charge in [0.05, 0.1) is 11.3 Å². The Morgan fingerprint density at radius 3 is 2.55 bits per heavy atom. The molecule has 3 atom stereocenters. The largest absolute Gasteiger partial charge is 0.417 e. The van der Waals surface area contributed by atoms with E-state index in [1.54, 1.807) is 38.3 Å². The number of nitrogens with zero attached hydrogens (tertiary/aromatic N) is 3. The minimum atomic E-state index is -4.48. The van der Waals surface area contributed by atoms with Gasteiger partial charge in [-0.2, -0.15) is 13.2 Å². The first-order valence-electron chi connectivity index (χ1n) is 14.0. The predicted molar refractivity (Wildman–Crippen MR) is 161 cm³/mol. The molecule has 1 aromatic rings. The molecule has 1 aliphatic heterocycles. The number of halogens is 5. The van der Waals surface area contributed by atoms with Crippen molar-refractivity contribution >= 4 is 23.3 Å². The van der Waals surface area contributed by atoms with Gasteiger partial charge in [-0.1, -0.05) is 74.9 Å². The Hall–Kier alpha value is -3.88. The topological polar surface area (TPSA) is 63.1 Å². The number of allylic oxidation sites excluding steroid dienone is 10. The van der Waals surface area contributed by atoms with Gasteiger partial charge in [0, 0.05) is 31.0 Å². The molecule has 1 heterocycles. The van der Waals surface area contributed by atoms with E-state index in [0.717, 1.165) is 11.6 Å². The van der Waals surface area contributed by atoms with Gasteiger partial charge in [-0.15, -0.1) is 0 Å². The molecule has 1 aromatic carbocycles. The van der Waals surface area contributed by atoms with Crippen LogP contribution in [0.1, 0.15) is 56.7 Å². The fraction of sp³-hybridized carbons (Fsp3) is 0.364. The Labute approximate surface area is 243 Å². The monoisotopic (exact) mass is 582 g/mol. The molecule has 4 nitrogen and oxygen atoms in total. The molecule has 2 N–H and O–H groups in total. The number of rotatable bonds is 6. The van der Waals surface area contributed by atoms with Crippen LogP contribution >= 0.6 is 0 Å². The Morgan fingerprint density at radius 1 is 1.12 bits per heavy atom. The Balaban J connectivity index is 0.00000198. The molecule has 9 heteroatoms. The number of hydrogen-bond acceptors (Lipinski definition) is 4. The average molecular weight is 583 g/mol. The summed E-state index contributed by atoms with van der Waals surface area (Å²) in [6.45, 7) is 7.57. The van der Waals surface area contributed by atoms with Gasteiger partial charge in [0.2, 0.25) is 0 Å². The van der Waals surface area contributed by atoms with Crippen LogP contribution in [0.3, 0.4) is 0 Å². The number of nitrogens with two attached hydrogens (primary N) is 1. The molecule has 0 saturated heterocycles. The normalized spacial score (nSPS) is 26.7. The predicted octanol–water partition coefficient (Wildman–Crippen LogP) is 8.38. The van der Waals surface area contributed by atoms with E-state index in [1.807, 2.05) is 26.8 Å². The van der Waals surface area contributed by atoms with Gasteiger partial charge in [0.25, 0.3) is 0 Å². The van der Waals surface area contributed by atoms with Gasteiger partial charge in [0.15, 0.2) is 17.2 Å². The van der Waals surface area contributed by atoms with E-state index in [2.05, 4.69) is 15.0 Å². The van der Waals surface area contributed by atoms with Crippen molar-refractivity contribution in [3.8, 4) is 0 Å². The van der Waals surface area contributed by atoms with Crippen molar-refractivity contribution in [1.29, 1.82) is 0 Å². The summed E-state index contributed by atoms with van der Waals surface area (Å²) in [6.07, 6.45) is 8.77. The lowest BCUT2D eigenvalue weighted by atomic mass is 9.95. The van der Waals surface area contributed by atoms with Crippen LogP contribution in [0.4, 0.5) is 22.0 Å². The summed E-state index contributed by atoms with van der Waals surface area (Å²) < 4.78 is 71.0. The zero-order chi connectivity index (χ0) is 30.9. The number of hydrogen-bond donors (Lipinski definition) is 1. The molecule has 222 valence electrons. The summed E-state index contributed by atoms with van der Waals surface area (Å²) in [5.41, 5.74) is 4.99. The van der Waals surface area contributed by atoms with Crippen molar-refractivity contribution in [3.63, 3.8) is 0 Å². The van der Waals surface area contributed by atoms with E-state index in [1.165, 1.54) is 30.5 Å². The summed E-state index contributed by atoms with van der Waals surface area (Å²) in [6, 6.07) is 4.32. The molecular weight excluding hydrogens is 547 g/mol. The van der Waals surface area contributed by atoms with Crippen molar-refractivity contribution < 1.29 is 22.0 Å². The van der Waals surface area contributed by atoms with Crippen molar-refractivity contribution in [1.82, 2.24) is 0 Å². The standard InChI is InChI=1S/C31H29F5N4.C2H6/c1-18-6-10-22(24(14-18)31(34,35)36)20-7-8-21(25(37)11-9-20)13-19(2)15-26-27(16-38-3)40-28(39-26)23-5-4-12-29(32)17-30(23,29)33;1-2/h4-8,10-12,14-16,19H,9,13,17,37H2,1-3H3;1-2H3/b26-15+,38-16?;. The summed E-state index contributed by atoms with van der Waals surface area (Å²) >= 11 is 0. The van der Waals surface area contributed by atoms with E-state index >= 15 is 4.39 Å². The molecule has 0 bridgehead atoms. The maximum Gasteiger partial charge on any atom is 0.417 e. The van der Waals surface area contributed by atoms with E-state index in [-0.39, 0.29) is 35.7 Å². The van der Waals surface area contributed by atoms with Crippen molar-refractivity contribution in [3.05, 3.63) is 100.0 Å². The first-order valence-corrected chi connectivity index (χ1v) is 14.0. The van der Waals surface area contributed by atoms with Crippen molar-refractivity contribution in [2.75, 3.05) is 7.05 Å². The molecule has 0 radical (unpaired) electrons. The quantitative estimate of drug-likeness (QED) is 0.266. The van der Waals surface area contributed by atoms with E-state index in [9.17, 15) is 17.6 Å². The van der Waals surface area contributed by atoms with Crippen LogP contribution in [0.25, 0.3) is 5.57 Å². The number of amidine groups is 1. The van der Waals surface area contributed by atoms with E-state index in [4.69, 9.17) is 5.73 Å². The zero-order valence-electron chi connectivity index (χ0n) is 24.4.